The van der Waals surface area contributed by atoms with E-state index in [9.17, 15) is 4.79 Å². The minimum absolute atomic E-state index is 0.239. The van der Waals surface area contributed by atoms with E-state index >= 15 is 0 Å². The lowest BCUT2D eigenvalue weighted by atomic mass is 10.6. The Bertz CT molecular complexity index is 382. The van der Waals surface area contributed by atoms with Crippen LogP contribution in [0.4, 0.5) is 5.82 Å². The first-order chi connectivity index (χ1) is 5.82. The summed E-state index contributed by atoms with van der Waals surface area (Å²) < 4.78 is 2.55. The molecule has 0 radical (unpaired) electrons. The molecule has 1 heterocycles. The topological polar surface area (TPSA) is 60.9 Å². The molecule has 0 aliphatic heterocycles. The van der Waals surface area contributed by atoms with Crippen LogP contribution in [0.3, 0.4) is 0 Å². The smallest absolute Gasteiger partial charge is 0.341 e. The summed E-state index contributed by atoms with van der Waals surface area (Å²) in [6.07, 6.45) is 1.79. The van der Waals surface area contributed by atoms with Crippen LogP contribution in [0.15, 0.2) is 11.0 Å². The van der Waals surface area contributed by atoms with Gasteiger partial charge in [0.2, 0.25) is 0 Å². The molecule has 0 aliphatic carbocycles. The van der Waals surface area contributed by atoms with E-state index in [-0.39, 0.29) is 5.69 Å². The molecule has 0 atom stereocenters. The van der Waals surface area contributed by atoms with Gasteiger partial charge < -0.3 is 9.97 Å². The molecular formula is C7H12IN3OSi. The van der Waals surface area contributed by atoms with Gasteiger partial charge in [0, 0.05) is 6.20 Å². The average Bonchev–Trinajstić information content (AvgIpc) is 1.94. The molecule has 6 heteroatoms. The van der Waals surface area contributed by atoms with Crippen LogP contribution in [-0.4, -0.2) is 17.5 Å². The second-order valence-electron chi connectivity index (χ2n) is 3.80. The molecule has 13 heavy (non-hydrogen) atoms. The third kappa shape index (κ3) is 2.30. The van der Waals surface area contributed by atoms with Gasteiger partial charge in [0.15, 0.2) is 8.24 Å². The molecule has 0 fully saturated rings. The second-order valence-corrected chi connectivity index (χ2v) is 9.78. The van der Waals surface area contributed by atoms with Crippen LogP contribution in [0.25, 0.3) is 0 Å². The molecule has 0 bridgehead atoms. The third-order valence-corrected chi connectivity index (χ3v) is 4.23. The first-order valence-electron chi connectivity index (χ1n) is 3.87. The van der Waals surface area contributed by atoms with Gasteiger partial charge in [-0.25, -0.2) is 4.79 Å². The summed E-state index contributed by atoms with van der Waals surface area (Å²) in [5.74, 6) is 0.320. The van der Waals surface area contributed by atoms with Gasteiger partial charge in [0.1, 0.15) is 5.82 Å². The first kappa shape index (κ1) is 10.7. The van der Waals surface area contributed by atoms with Gasteiger partial charge in [0.05, 0.1) is 3.57 Å². The van der Waals surface area contributed by atoms with E-state index < -0.39 is 8.24 Å². The van der Waals surface area contributed by atoms with E-state index in [0.29, 0.717) is 5.82 Å². The maximum absolute atomic E-state index is 11.4. The zero-order valence-electron chi connectivity index (χ0n) is 7.84. The quantitative estimate of drug-likeness (QED) is 0.624. The predicted octanol–water partition coefficient (Wildman–Crippen LogP) is 1.11. The highest BCUT2D eigenvalue weighted by Gasteiger charge is 2.19. The van der Waals surface area contributed by atoms with Gasteiger partial charge in [-0.2, -0.15) is 4.98 Å². The van der Waals surface area contributed by atoms with Crippen molar-refractivity contribution in [3.8, 4) is 0 Å². The van der Waals surface area contributed by atoms with Crippen LogP contribution in [0.5, 0.6) is 0 Å². The van der Waals surface area contributed by atoms with Gasteiger partial charge in [-0.1, -0.05) is 19.6 Å². The van der Waals surface area contributed by atoms with Crippen molar-refractivity contribution in [2.24, 2.45) is 0 Å². The lowest BCUT2D eigenvalue weighted by Gasteiger charge is -2.19. The van der Waals surface area contributed by atoms with Gasteiger partial charge in [0.25, 0.3) is 0 Å². The summed E-state index contributed by atoms with van der Waals surface area (Å²) >= 11 is 2.08. The summed E-state index contributed by atoms with van der Waals surface area (Å²) in [6.45, 7) is 6.26. The Morgan fingerprint density at radius 1 is 1.54 bits per heavy atom. The normalized spacial score (nSPS) is 11.7. The standard InChI is InChI=1S/C7H12IN3OSi/c1-13(2,3)11-4-5(8)6(9)10-7(11)12/h4H,1-3H3,(H2,9,10,12). The number of hydrogen-bond donors (Lipinski definition) is 1. The number of rotatable bonds is 1. The summed E-state index contributed by atoms with van der Waals surface area (Å²) in [5, 5.41) is 0. The number of halogens is 1. The number of nitrogens with two attached hydrogens (primary N) is 1. The summed E-state index contributed by atoms with van der Waals surface area (Å²) in [4.78, 5) is 15.2. The molecule has 0 aliphatic rings. The lowest BCUT2D eigenvalue weighted by molar-refractivity contribution is 0.957. The fourth-order valence-corrected chi connectivity index (χ4v) is 2.73. The van der Waals surface area contributed by atoms with Crippen LogP contribution >= 0.6 is 22.6 Å². The Morgan fingerprint density at radius 2 is 2.08 bits per heavy atom. The zero-order chi connectivity index (χ0) is 10.2. The Balaban J connectivity index is 3.41. The summed E-state index contributed by atoms with van der Waals surface area (Å²) in [7, 11) is -1.65. The fourth-order valence-electron chi connectivity index (χ4n) is 0.926. The first-order valence-corrected chi connectivity index (χ1v) is 8.40. The zero-order valence-corrected chi connectivity index (χ0v) is 11.0. The highest BCUT2D eigenvalue weighted by molar-refractivity contribution is 14.1. The average molecular weight is 309 g/mol. The molecule has 0 saturated heterocycles. The number of hydrogen-bond acceptors (Lipinski definition) is 3. The molecule has 0 saturated carbocycles. The lowest BCUT2D eigenvalue weighted by Crippen LogP contribution is -2.42. The van der Waals surface area contributed by atoms with Crippen molar-refractivity contribution in [1.29, 1.82) is 0 Å². The molecule has 4 nitrogen and oxygen atoms in total. The Kier molecular flexibility index (Phi) is 2.81. The Labute approximate surface area is 91.4 Å². The summed E-state index contributed by atoms with van der Waals surface area (Å²) in [5.41, 5.74) is 5.28. The molecular weight excluding hydrogens is 297 g/mol. The van der Waals surface area contributed by atoms with Crippen molar-refractivity contribution < 1.29 is 0 Å². The van der Waals surface area contributed by atoms with Crippen molar-refractivity contribution in [2.45, 2.75) is 19.6 Å². The minimum atomic E-state index is -1.65. The van der Waals surface area contributed by atoms with E-state index in [1.54, 1.807) is 10.4 Å². The van der Waals surface area contributed by atoms with Gasteiger partial charge >= 0.3 is 5.69 Å². The van der Waals surface area contributed by atoms with Gasteiger partial charge in [-0.15, -0.1) is 0 Å². The molecule has 2 N–H and O–H groups in total. The molecule has 72 valence electrons. The van der Waals surface area contributed by atoms with Gasteiger partial charge in [-0.3, -0.25) is 0 Å². The number of anilines is 1. The van der Waals surface area contributed by atoms with Crippen LogP contribution < -0.4 is 11.4 Å². The van der Waals surface area contributed by atoms with E-state index in [4.69, 9.17) is 5.73 Å². The number of aromatic nitrogens is 2. The molecule has 0 spiro atoms. The molecule has 0 unspecified atom stereocenters. The van der Waals surface area contributed by atoms with E-state index in [0.717, 1.165) is 3.57 Å². The number of nitrogens with zero attached hydrogens (tertiary/aromatic N) is 2. The maximum Gasteiger partial charge on any atom is 0.341 e. The molecule has 0 amide bonds. The highest BCUT2D eigenvalue weighted by Crippen LogP contribution is 2.11. The van der Waals surface area contributed by atoms with E-state index in [1.165, 1.54) is 0 Å². The van der Waals surface area contributed by atoms with Crippen LogP contribution in [0.2, 0.25) is 19.6 Å². The molecule has 1 aromatic heterocycles. The van der Waals surface area contributed by atoms with Crippen LogP contribution in [-0.2, 0) is 0 Å². The summed E-state index contributed by atoms with van der Waals surface area (Å²) in [6, 6.07) is 0. The van der Waals surface area contributed by atoms with Crippen molar-refractivity contribution in [3.63, 3.8) is 0 Å². The van der Waals surface area contributed by atoms with Crippen molar-refractivity contribution in [2.75, 3.05) is 5.73 Å². The van der Waals surface area contributed by atoms with E-state index in [1.807, 2.05) is 0 Å². The maximum atomic E-state index is 11.4. The Hall–Kier alpha value is -0.373. The molecule has 1 rings (SSSR count). The Morgan fingerprint density at radius 3 is 2.54 bits per heavy atom. The van der Waals surface area contributed by atoms with Crippen molar-refractivity contribution >= 4 is 36.6 Å². The monoisotopic (exact) mass is 309 g/mol. The van der Waals surface area contributed by atoms with E-state index in [2.05, 4.69) is 47.2 Å². The molecule has 1 aromatic rings. The predicted molar refractivity (Wildman–Crippen MR) is 64.4 cm³/mol. The van der Waals surface area contributed by atoms with Gasteiger partial charge in [-0.05, 0) is 22.6 Å². The SMILES string of the molecule is C[Si](C)(C)n1cc(I)c(N)nc1=O. The van der Waals surface area contributed by atoms with Crippen LogP contribution in [0.1, 0.15) is 0 Å². The van der Waals surface area contributed by atoms with Crippen molar-refractivity contribution in [3.05, 3.63) is 20.3 Å². The van der Waals surface area contributed by atoms with Crippen molar-refractivity contribution in [1.82, 2.24) is 9.22 Å². The third-order valence-electron chi connectivity index (χ3n) is 1.63. The number of nitrogen functional groups attached to an aromatic ring is 1. The highest BCUT2D eigenvalue weighted by atomic mass is 127. The molecule has 0 aromatic carbocycles. The largest absolute Gasteiger partial charge is 0.383 e. The van der Waals surface area contributed by atoms with Crippen LogP contribution in [0, 0.1) is 3.57 Å². The minimum Gasteiger partial charge on any atom is -0.383 e. The fraction of sp³-hybridized carbons (Fsp3) is 0.429. The second kappa shape index (κ2) is 3.41.